The number of aliphatic imine (C=N–C) groups is 1. The molecule has 0 bridgehead atoms. The van der Waals surface area contributed by atoms with E-state index in [1.807, 2.05) is 30.3 Å². The van der Waals surface area contributed by atoms with Crippen LogP contribution in [-0.4, -0.2) is 36.0 Å². The van der Waals surface area contributed by atoms with Gasteiger partial charge in [0.15, 0.2) is 5.96 Å². The SMILES string of the molecule is CC1CCCN(C(C)(C)CN=C(N)Nc2ccccc2)C1. The number of anilines is 1. The fourth-order valence-electron chi connectivity index (χ4n) is 2.83. The normalized spacial score (nSPS) is 21.3. The summed E-state index contributed by atoms with van der Waals surface area (Å²) in [6.07, 6.45) is 2.62. The molecular weight excluding hydrogens is 260 g/mol. The lowest BCUT2D eigenvalue weighted by atomic mass is 9.94. The standard InChI is InChI=1S/C17H28N4/c1-14-8-7-11-21(12-14)17(2,3)13-19-16(18)20-15-9-5-4-6-10-15/h4-6,9-10,14H,7-8,11-13H2,1-3H3,(H3,18,19,20). The Morgan fingerprint density at radius 1 is 1.38 bits per heavy atom. The van der Waals surface area contributed by atoms with Gasteiger partial charge in [-0.3, -0.25) is 9.89 Å². The summed E-state index contributed by atoms with van der Waals surface area (Å²) in [5, 5.41) is 3.14. The highest BCUT2D eigenvalue weighted by Crippen LogP contribution is 2.24. The number of hydrogen-bond donors (Lipinski definition) is 2. The van der Waals surface area contributed by atoms with Crippen LogP contribution in [0.4, 0.5) is 5.69 Å². The molecule has 1 atom stereocenters. The maximum absolute atomic E-state index is 5.99. The Kier molecular flexibility index (Phi) is 5.23. The van der Waals surface area contributed by atoms with Crippen LogP contribution in [0.1, 0.15) is 33.6 Å². The van der Waals surface area contributed by atoms with E-state index in [1.54, 1.807) is 0 Å². The molecule has 0 amide bonds. The Bertz CT molecular complexity index is 467. The molecule has 1 heterocycles. The molecule has 1 fully saturated rings. The molecule has 0 saturated carbocycles. The van der Waals surface area contributed by atoms with Gasteiger partial charge in [-0.15, -0.1) is 0 Å². The van der Waals surface area contributed by atoms with Crippen molar-refractivity contribution in [2.45, 2.75) is 39.2 Å². The lowest BCUT2D eigenvalue weighted by molar-refractivity contribution is 0.0775. The van der Waals surface area contributed by atoms with Crippen molar-refractivity contribution in [2.75, 3.05) is 25.0 Å². The first-order valence-corrected chi connectivity index (χ1v) is 7.84. The fourth-order valence-corrected chi connectivity index (χ4v) is 2.83. The molecule has 4 nitrogen and oxygen atoms in total. The predicted octanol–water partition coefficient (Wildman–Crippen LogP) is 2.92. The summed E-state index contributed by atoms with van der Waals surface area (Å²) < 4.78 is 0. The van der Waals surface area contributed by atoms with Crippen molar-refractivity contribution >= 4 is 11.6 Å². The van der Waals surface area contributed by atoms with Crippen molar-refractivity contribution in [3.05, 3.63) is 30.3 Å². The van der Waals surface area contributed by atoms with Gasteiger partial charge in [0.2, 0.25) is 0 Å². The molecule has 1 saturated heterocycles. The monoisotopic (exact) mass is 288 g/mol. The first kappa shape index (κ1) is 15.8. The zero-order valence-electron chi connectivity index (χ0n) is 13.5. The van der Waals surface area contributed by atoms with Crippen molar-refractivity contribution in [2.24, 2.45) is 16.6 Å². The quantitative estimate of drug-likeness (QED) is 0.661. The number of piperidine rings is 1. The van der Waals surface area contributed by atoms with E-state index in [0.717, 1.165) is 18.2 Å². The minimum Gasteiger partial charge on any atom is -0.370 e. The molecule has 1 aromatic rings. The zero-order valence-corrected chi connectivity index (χ0v) is 13.5. The second-order valence-electron chi connectivity index (χ2n) is 6.70. The van der Waals surface area contributed by atoms with E-state index in [1.165, 1.54) is 19.4 Å². The Labute approximate surface area is 128 Å². The second-order valence-corrected chi connectivity index (χ2v) is 6.70. The number of benzene rings is 1. The third-order valence-electron chi connectivity index (χ3n) is 4.20. The van der Waals surface area contributed by atoms with Crippen LogP contribution in [0.3, 0.4) is 0 Å². The Hall–Kier alpha value is -1.55. The number of hydrogen-bond acceptors (Lipinski definition) is 2. The summed E-state index contributed by atoms with van der Waals surface area (Å²) in [7, 11) is 0. The molecular formula is C17H28N4. The molecule has 0 aromatic heterocycles. The molecule has 0 radical (unpaired) electrons. The van der Waals surface area contributed by atoms with E-state index in [0.29, 0.717) is 12.5 Å². The van der Waals surface area contributed by atoms with Gasteiger partial charge in [-0.2, -0.15) is 0 Å². The van der Waals surface area contributed by atoms with Crippen LogP contribution in [0.5, 0.6) is 0 Å². The highest BCUT2D eigenvalue weighted by Gasteiger charge is 2.29. The minimum absolute atomic E-state index is 0.0532. The average molecular weight is 288 g/mol. The van der Waals surface area contributed by atoms with Crippen LogP contribution in [-0.2, 0) is 0 Å². The van der Waals surface area contributed by atoms with E-state index >= 15 is 0 Å². The molecule has 1 unspecified atom stereocenters. The third kappa shape index (κ3) is 4.74. The summed E-state index contributed by atoms with van der Waals surface area (Å²) in [5.41, 5.74) is 7.02. The number of nitrogens with zero attached hydrogens (tertiary/aromatic N) is 2. The number of guanidine groups is 1. The van der Waals surface area contributed by atoms with Crippen molar-refractivity contribution in [3.63, 3.8) is 0 Å². The summed E-state index contributed by atoms with van der Waals surface area (Å²) in [5.74, 6) is 1.26. The largest absolute Gasteiger partial charge is 0.370 e. The average Bonchev–Trinajstić information content (AvgIpc) is 2.46. The van der Waals surface area contributed by atoms with Crippen LogP contribution in [0.15, 0.2) is 35.3 Å². The summed E-state index contributed by atoms with van der Waals surface area (Å²) in [4.78, 5) is 7.08. The van der Waals surface area contributed by atoms with Gasteiger partial charge in [0.25, 0.3) is 0 Å². The van der Waals surface area contributed by atoms with Gasteiger partial charge in [0.05, 0.1) is 6.54 Å². The van der Waals surface area contributed by atoms with Crippen molar-refractivity contribution < 1.29 is 0 Å². The van der Waals surface area contributed by atoms with Crippen LogP contribution in [0, 0.1) is 5.92 Å². The fraction of sp³-hybridized carbons (Fsp3) is 0.588. The molecule has 1 aromatic carbocycles. The van der Waals surface area contributed by atoms with Crippen LogP contribution < -0.4 is 11.1 Å². The Morgan fingerprint density at radius 3 is 2.76 bits per heavy atom. The lowest BCUT2D eigenvalue weighted by Crippen LogP contribution is -2.51. The van der Waals surface area contributed by atoms with Gasteiger partial charge in [0.1, 0.15) is 0 Å². The van der Waals surface area contributed by atoms with Gasteiger partial charge in [-0.1, -0.05) is 25.1 Å². The van der Waals surface area contributed by atoms with Crippen molar-refractivity contribution in [1.82, 2.24) is 4.90 Å². The van der Waals surface area contributed by atoms with E-state index in [-0.39, 0.29) is 5.54 Å². The van der Waals surface area contributed by atoms with Gasteiger partial charge in [0, 0.05) is 17.8 Å². The summed E-state index contributed by atoms with van der Waals surface area (Å²) in [6.45, 7) is 9.88. The maximum Gasteiger partial charge on any atom is 0.193 e. The highest BCUT2D eigenvalue weighted by molar-refractivity contribution is 5.92. The van der Waals surface area contributed by atoms with Gasteiger partial charge in [-0.25, -0.2) is 0 Å². The highest BCUT2D eigenvalue weighted by atomic mass is 15.2. The second kappa shape index (κ2) is 6.94. The number of likely N-dealkylation sites (tertiary alicyclic amines) is 1. The first-order chi connectivity index (χ1) is 9.97. The number of para-hydroxylation sites is 1. The first-order valence-electron chi connectivity index (χ1n) is 7.84. The minimum atomic E-state index is 0.0532. The van der Waals surface area contributed by atoms with E-state index in [9.17, 15) is 0 Å². The van der Waals surface area contributed by atoms with E-state index in [4.69, 9.17) is 5.73 Å². The van der Waals surface area contributed by atoms with Crippen molar-refractivity contribution in [3.8, 4) is 0 Å². The van der Waals surface area contributed by atoms with Crippen LogP contribution in [0.2, 0.25) is 0 Å². The van der Waals surface area contributed by atoms with E-state index < -0.39 is 0 Å². The van der Waals surface area contributed by atoms with E-state index in [2.05, 4.69) is 36.0 Å². The van der Waals surface area contributed by atoms with Gasteiger partial charge < -0.3 is 11.1 Å². The van der Waals surface area contributed by atoms with Gasteiger partial charge in [-0.05, 0) is 51.3 Å². The number of nitrogens with one attached hydrogen (secondary N) is 1. The van der Waals surface area contributed by atoms with Crippen LogP contribution in [0.25, 0.3) is 0 Å². The molecule has 116 valence electrons. The summed E-state index contributed by atoms with van der Waals surface area (Å²) >= 11 is 0. The molecule has 2 rings (SSSR count). The molecule has 1 aliphatic rings. The van der Waals surface area contributed by atoms with Crippen molar-refractivity contribution in [1.29, 1.82) is 0 Å². The molecule has 0 aliphatic carbocycles. The van der Waals surface area contributed by atoms with Crippen LogP contribution >= 0.6 is 0 Å². The third-order valence-corrected chi connectivity index (χ3v) is 4.20. The number of rotatable bonds is 4. The Balaban J connectivity index is 1.91. The Morgan fingerprint density at radius 2 is 2.10 bits per heavy atom. The molecule has 3 N–H and O–H groups in total. The number of nitrogens with two attached hydrogens (primary N) is 1. The smallest absolute Gasteiger partial charge is 0.193 e. The predicted molar refractivity (Wildman–Crippen MR) is 90.6 cm³/mol. The lowest BCUT2D eigenvalue weighted by Gasteiger charge is -2.42. The van der Waals surface area contributed by atoms with Gasteiger partial charge >= 0.3 is 0 Å². The molecule has 21 heavy (non-hydrogen) atoms. The zero-order chi connectivity index (χ0) is 15.3. The topological polar surface area (TPSA) is 53.6 Å². The molecule has 0 spiro atoms. The molecule has 4 heteroatoms. The molecule has 1 aliphatic heterocycles. The maximum atomic E-state index is 5.99. The summed E-state index contributed by atoms with van der Waals surface area (Å²) in [6, 6.07) is 9.92.